The minimum absolute atomic E-state index is 0.116. The van der Waals surface area contributed by atoms with Crippen molar-refractivity contribution in [3.63, 3.8) is 0 Å². The Bertz CT molecular complexity index is 1480. The number of likely N-dealkylation sites (N-methyl/N-ethyl adjacent to an activating group) is 1. The van der Waals surface area contributed by atoms with Crippen LogP contribution in [0, 0.1) is 18.7 Å². The van der Waals surface area contributed by atoms with E-state index >= 15 is 0 Å². The van der Waals surface area contributed by atoms with Gasteiger partial charge in [0.2, 0.25) is 5.91 Å². The summed E-state index contributed by atoms with van der Waals surface area (Å²) in [6.45, 7) is 5.81. The van der Waals surface area contributed by atoms with Gasteiger partial charge in [0.1, 0.15) is 17.4 Å². The van der Waals surface area contributed by atoms with Crippen LogP contribution in [0.2, 0.25) is 0 Å². The van der Waals surface area contributed by atoms with E-state index in [0.29, 0.717) is 5.69 Å². The molecule has 204 valence electrons. The van der Waals surface area contributed by atoms with Crippen LogP contribution in [-0.4, -0.2) is 75.5 Å². The Morgan fingerprint density at radius 2 is 1.82 bits per heavy atom. The van der Waals surface area contributed by atoms with Gasteiger partial charge in [0.15, 0.2) is 0 Å². The fourth-order valence-corrected chi connectivity index (χ4v) is 5.53. The van der Waals surface area contributed by atoms with Crippen LogP contribution in [0.15, 0.2) is 42.6 Å². The van der Waals surface area contributed by atoms with Crippen molar-refractivity contribution in [3.8, 4) is 0 Å². The first-order valence-corrected chi connectivity index (χ1v) is 12.9. The maximum atomic E-state index is 14.3. The Labute approximate surface area is 225 Å². The number of likely N-dealkylation sites (tertiary alicyclic amines) is 1. The van der Waals surface area contributed by atoms with Gasteiger partial charge in [-0.15, -0.1) is 0 Å². The van der Waals surface area contributed by atoms with E-state index in [9.17, 15) is 23.6 Å². The van der Waals surface area contributed by atoms with Gasteiger partial charge in [-0.1, -0.05) is 25.5 Å². The van der Waals surface area contributed by atoms with Gasteiger partial charge in [-0.2, -0.15) is 5.10 Å². The second-order valence-electron chi connectivity index (χ2n) is 10.7. The molecule has 2 aromatic carbocycles. The van der Waals surface area contributed by atoms with Gasteiger partial charge in [0.05, 0.1) is 17.3 Å². The molecule has 0 saturated carbocycles. The van der Waals surface area contributed by atoms with Gasteiger partial charge in [0, 0.05) is 31.2 Å². The highest BCUT2D eigenvalue weighted by Crippen LogP contribution is 2.41. The molecule has 1 atom stereocenters. The lowest BCUT2D eigenvalue weighted by molar-refractivity contribution is -0.139. The van der Waals surface area contributed by atoms with E-state index in [0.717, 1.165) is 21.4 Å². The molecular formula is C28H31FN6O4. The number of aryl methyl sites for hydroxylation is 1. The minimum atomic E-state index is -1.12. The van der Waals surface area contributed by atoms with Gasteiger partial charge >= 0.3 is 6.03 Å². The Hall–Kier alpha value is -4.28. The molecule has 1 spiro atoms. The van der Waals surface area contributed by atoms with Crippen molar-refractivity contribution >= 4 is 40.3 Å². The molecule has 1 aromatic heterocycles. The van der Waals surface area contributed by atoms with E-state index in [1.165, 1.54) is 24.1 Å². The van der Waals surface area contributed by atoms with Crippen molar-refractivity contribution in [1.29, 1.82) is 0 Å². The molecule has 2 saturated heterocycles. The summed E-state index contributed by atoms with van der Waals surface area (Å²) in [6.07, 6.45) is 2.13. The van der Waals surface area contributed by atoms with Crippen LogP contribution in [0.4, 0.5) is 14.9 Å². The minimum Gasteiger partial charge on any atom is -0.341 e. The number of H-pyrrole nitrogens is 1. The molecule has 0 radical (unpaired) electrons. The van der Waals surface area contributed by atoms with Crippen LogP contribution in [0.5, 0.6) is 0 Å². The van der Waals surface area contributed by atoms with Crippen LogP contribution in [0.25, 0.3) is 10.9 Å². The van der Waals surface area contributed by atoms with Crippen molar-refractivity contribution in [2.75, 3.05) is 25.0 Å². The molecular weight excluding hydrogens is 503 g/mol. The zero-order valence-electron chi connectivity index (χ0n) is 22.3. The lowest BCUT2D eigenvalue weighted by Crippen LogP contribution is -2.60. The molecule has 39 heavy (non-hydrogen) atoms. The van der Waals surface area contributed by atoms with Gasteiger partial charge < -0.3 is 10.2 Å². The molecule has 0 aliphatic carbocycles. The molecule has 0 bridgehead atoms. The van der Waals surface area contributed by atoms with E-state index in [2.05, 4.69) is 15.5 Å². The first kappa shape index (κ1) is 26.3. The summed E-state index contributed by atoms with van der Waals surface area (Å²) in [5.74, 6) is -2.19. The van der Waals surface area contributed by atoms with Crippen molar-refractivity contribution in [2.24, 2.45) is 5.92 Å². The summed E-state index contributed by atoms with van der Waals surface area (Å²) in [5, 5.41) is 10.4. The predicted octanol–water partition coefficient (Wildman–Crippen LogP) is 3.22. The monoisotopic (exact) mass is 534 g/mol. The SMILES string of the molecule is Cc1ccc(F)c(C(=O)N[C@H](C(=O)N2CCC3(CC2)C(=O)N(C)C(=O)N3c2ccc3[nH]ncc3c2)C(C)C)c1. The third kappa shape index (κ3) is 4.41. The van der Waals surface area contributed by atoms with Crippen LogP contribution < -0.4 is 10.2 Å². The number of nitrogens with one attached hydrogen (secondary N) is 2. The average molecular weight is 535 g/mol. The average Bonchev–Trinajstić information content (AvgIpc) is 3.45. The highest BCUT2D eigenvalue weighted by molar-refractivity contribution is 6.17. The number of benzene rings is 2. The molecule has 2 fully saturated rings. The molecule has 11 heteroatoms. The highest BCUT2D eigenvalue weighted by atomic mass is 19.1. The second-order valence-corrected chi connectivity index (χ2v) is 10.7. The fraction of sp³-hybridized carbons (Fsp3) is 0.393. The van der Waals surface area contributed by atoms with Crippen molar-refractivity contribution in [2.45, 2.75) is 45.2 Å². The lowest BCUT2D eigenvalue weighted by atomic mass is 9.85. The molecule has 2 N–H and O–H groups in total. The highest BCUT2D eigenvalue weighted by Gasteiger charge is 2.58. The first-order valence-electron chi connectivity index (χ1n) is 12.9. The summed E-state index contributed by atoms with van der Waals surface area (Å²) >= 11 is 0. The van der Waals surface area contributed by atoms with E-state index in [1.54, 1.807) is 30.2 Å². The number of imide groups is 1. The maximum absolute atomic E-state index is 14.3. The van der Waals surface area contributed by atoms with Gasteiger partial charge in [-0.25, -0.2) is 9.18 Å². The molecule has 2 aliphatic rings. The smallest absolute Gasteiger partial charge is 0.331 e. The van der Waals surface area contributed by atoms with E-state index in [-0.39, 0.29) is 49.2 Å². The summed E-state index contributed by atoms with van der Waals surface area (Å²) in [4.78, 5) is 57.4. The molecule has 10 nitrogen and oxygen atoms in total. The second kappa shape index (κ2) is 9.79. The molecule has 5 rings (SSSR count). The summed E-state index contributed by atoms with van der Waals surface area (Å²) in [6, 6.07) is 8.36. The number of aromatic nitrogens is 2. The number of nitrogens with zero attached hydrogens (tertiary/aromatic N) is 4. The third-order valence-electron chi connectivity index (χ3n) is 7.78. The standard InChI is InChI=1S/C28H31FN6O4/c1-16(2)23(31-24(36)20-13-17(3)5-7-21(20)29)25(37)34-11-9-28(10-12-34)26(38)33(4)27(39)35(28)19-6-8-22-18(14-19)15-30-32-22/h5-8,13-16,23H,9-12H2,1-4H3,(H,30,32)(H,31,36)/t23-/m0/s1. The Morgan fingerprint density at radius 3 is 2.51 bits per heavy atom. The molecule has 3 aromatic rings. The maximum Gasteiger partial charge on any atom is 0.331 e. The molecule has 2 aliphatic heterocycles. The van der Waals surface area contributed by atoms with Gasteiger partial charge in [-0.05, 0) is 56.0 Å². The van der Waals surface area contributed by atoms with Crippen LogP contribution in [-0.2, 0) is 9.59 Å². The van der Waals surface area contributed by atoms with Crippen LogP contribution >= 0.6 is 0 Å². The number of anilines is 1. The number of halogens is 1. The van der Waals surface area contributed by atoms with E-state index in [4.69, 9.17) is 0 Å². The number of fused-ring (bicyclic) bond motifs is 1. The first-order chi connectivity index (χ1) is 18.5. The Morgan fingerprint density at radius 1 is 1.10 bits per heavy atom. The number of urea groups is 1. The zero-order chi connectivity index (χ0) is 28.1. The number of amides is 5. The normalized spacial score (nSPS) is 17.9. The molecule has 3 heterocycles. The van der Waals surface area contributed by atoms with Crippen molar-refractivity contribution in [1.82, 2.24) is 25.3 Å². The van der Waals surface area contributed by atoms with E-state index < -0.39 is 29.3 Å². The number of carbonyl (C=O) groups excluding carboxylic acids is 4. The predicted molar refractivity (Wildman–Crippen MR) is 143 cm³/mol. The number of hydrogen-bond donors (Lipinski definition) is 2. The van der Waals surface area contributed by atoms with E-state index in [1.807, 2.05) is 26.0 Å². The van der Waals surface area contributed by atoms with Crippen LogP contribution in [0.1, 0.15) is 42.6 Å². The number of rotatable bonds is 5. The largest absolute Gasteiger partial charge is 0.341 e. The Kier molecular flexibility index (Phi) is 6.61. The molecule has 5 amide bonds. The quantitative estimate of drug-likeness (QED) is 0.488. The van der Waals surface area contributed by atoms with Crippen molar-refractivity contribution < 1.29 is 23.6 Å². The summed E-state index contributed by atoms with van der Waals surface area (Å²) < 4.78 is 14.3. The third-order valence-corrected chi connectivity index (χ3v) is 7.78. The number of hydrogen-bond acceptors (Lipinski definition) is 5. The molecule has 0 unspecified atom stereocenters. The van der Waals surface area contributed by atoms with Gasteiger partial charge in [-0.3, -0.25) is 29.3 Å². The Balaban J connectivity index is 1.36. The zero-order valence-corrected chi connectivity index (χ0v) is 22.3. The summed E-state index contributed by atoms with van der Waals surface area (Å²) in [7, 11) is 1.47. The lowest BCUT2D eigenvalue weighted by Gasteiger charge is -2.43. The van der Waals surface area contributed by atoms with Gasteiger partial charge in [0.25, 0.3) is 11.8 Å². The van der Waals surface area contributed by atoms with Crippen LogP contribution in [0.3, 0.4) is 0 Å². The van der Waals surface area contributed by atoms with Crippen molar-refractivity contribution in [3.05, 3.63) is 59.5 Å². The number of piperidine rings is 1. The fourth-order valence-electron chi connectivity index (χ4n) is 5.53. The topological polar surface area (TPSA) is 119 Å². The number of carbonyl (C=O) groups is 4. The number of aromatic amines is 1. The summed E-state index contributed by atoms with van der Waals surface area (Å²) in [5.41, 5.74) is 0.883.